The summed E-state index contributed by atoms with van der Waals surface area (Å²) in [7, 11) is 0. The summed E-state index contributed by atoms with van der Waals surface area (Å²) in [5.41, 5.74) is 9.73. The fourth-order valence-electron chi connectivity index (χ4n) is 4.10. The Balaban J connectivity index is 1.55. The van der Waals surface area contributed by atoms with E-state index in [1.165, 1.54) is 17.7 Å². The van der Waals surface area contributed by atoms with Crippen LogP contribution in [-0.4, -0.2) is 30.6 Å². The van der Waals surface area contributed by atoms with Gasteiger partial charge in [-0.15, -0.1) is 0 Å². The number of aryl methyl sites for hydroxylation is 1. The lowest BCUT2D eigenvalue weighted by molar-refractivity contribution is -0.150. The van der Waals surface area contributed by atoms with E-state index in [0.717, 1.165) is 18.1 Å². The summed E-state index contributed by atoms with van der Waals surface area (Å²) in [6.07, 6.45) is 0.826. The van der Waals surface area contributed by atoms with E-state index in [1.807, 2.05) is 30.3 Å². The molecular weight excluding hydrogens is 488 g/mol. The molecule has 3 aromatic carbocycles. The minimum Gasteiger partial charge on any atom is -0.459 e. The predicted molar refractivity (Wildman–Crippen MR) is 144 cm³/mol. The molecule has 0 spiro atoms. The van der Waals surface area contributed by atoms with Crippen molar-refractivity contribution in [3.05, 3.63) is 101 Å². The van der Waals surface area contributed by atoms with E-state index >= 15 is 0 Å². The average molecular weight is 524 g/mol. The number of anilines is 1. The first kappa shape index (κ1) is 28.9. The van der Waals surface area contributed by atoms with Crippen molar-refractivity contribution in [1.29, 1.82) is 0 Å². The molecular formula is C30H35F2N3O3. The first-order chi connectivity index (χ1) is 18.3. The fourth-order valence-corrected chi connectivity index (χ4v) is 4.10. The Morgan fingerprint density at radius 1 is 0.895 bits per heavy atom. The number of ether oxygens (including phenoxy) is 1. The second-order valence-corrected chi connectivity index (χ2v) is 9.25. The van der Waals surface area contributed by atoms with Crippen LogP contribution in [-0.2, 0) is 33.7 Å². The normalized spacial score (nSPS) is 12.5. The van der Waals surface area contributed by atoms with Crippen molar-refractivity contribution >= 4 is 17.6 Å². The average Bonchev–Trinajstić information content (AvgIpc) is 2.88. The third kappa shape index (κ3) is 10.0. The van der Waals surface area contributed by atoms with E-state index in [2.05, 4.69) is 29.7 Å². The van der Waals surface area contributed by atoms with Crippen LogP contribution in [0.2, 0.25) is 0 Å². The van der Waals surface area contributed by atoms with Crippen LogP contribution in [0.1, 0.15) is 42.9 Å². The SMILES string of the molecule is CCc1cccc(CNC[C@@H](OC(=O)CCCC(=O)Nc2ccccc2)[C@@H](N)Cc2cc(F)cc(F)c2)c1. The summed E-state index contributed by atoms with van der Waals surface area (Å²) in [6.45, 7) is 2.89. The molecule has 2 atom stereocenters. The van der Waals surface area contributed by atoms with Crippen molar-refractivity contribution in [2.24, 2.45) is 5.73 Å². The van der Waals surface area contributed by atoms with Gasteiger partial charge in [0.2, 0.25) is 5.91 Å². The molecule has 3 rings (SSSR count). The number of carbonyl (C=O) groups excluding carboxylic acids is 2. The number of esters is 1. The van der Waals surface area contributed by atoms with Gasteiger partial charge in [-0.1, -0.05) is 49.4 Å². The monoisotopic (exact) mass is 523 g/mol. The molecule has 202 valence electrons. The topological polar surface area (TPSA) is 93.4 Å². The van der Waals surface area contributed by atoms with Crippen LogP contribution in [0.3, 0.4) is 0 Å². The van der Waals surface area contributed by atoms with Gasteiger partial charge in [0.25, 0.3) is 0 Å². The highest BCUT2D eigenvalue weighted by Crippen LogP contribution is 2.14. The van der Waals surface area contributed by atoms with E-state index in [0.29, 0.717) is 24.2 Å². The molecule has 0 heterocycles. The molecule has 0 saturated heterocycles. The van der Waals surface area contributed by atoms with Crippen LogP contribution in [0.4, 0.5) is 14.5 Å². The van der Waals surface area contributed by atoms with Gasteiger partial charge in [-0.05, 0) is 60.2 Å². The first-order valence-electron chi connectivity index (χ1n) is 12.9. The minimum atomic E-state index is -0.735. The minimum absolute atomic E-state index is 0.0402. The van der Waals surface area contributed by atoms with Gasteiger partial charge >= 0.3 is 5.97 Å². The number of nitrogens with one attached hydrogen (secondary N) is 2. The number of nitrogens with two attached hydrogens (primary N) is 1. The second-order valence-electron chi connectivity index (χ2n) is 9.25. The van der Waals surface area contributed by atoms with Gasteiger partial charge in [-0.25, -0.2) is 8.78 Å². The third-order valence-corrected chi connectivity index (χ3v) is 6.07. The van der Waals surface area contributed by atoms with Gasteiger partial charge in [-0.2, -0.15) is 0 Å². The van der Waals surface area contributed by atoms with Gasteiger partial charge in [-0.3, -0.25) is 9.59 Å². The lowest BCUT2D eigenvalue weighted by Gasteiger charge is -2.25. The maximum absolute atomic E-state index is 13.7. The summed E-state index contributed by atoms with van der Waals surface area (Å²) in [5.74, 6) is -2.06. The number of para-hydroxylation sites is 1. The highest BCUT2D eigenvalue weighted by Gasteiger charge is 2.23. The molecule has 8 heteroatoms. The number of amides is 1. The Kier molecular flexibility index (Phi) is 11.4. The first-order valence-corrected chi connectivity index (χ1v) is 12.9. The quantitative estimate of drug-likeness (QED) is 0.261. The fraction of sp³-hybridized carbons (Fsp3) is 0.333. The van der Waals surface area contributed by atoms with E-state index in [1.54, 1.807) is 12.1 Å². The summed E-state index contributed by atoms with van der Waals surface area (Å²) in [5, 5.41) is 6.06. The smallest absolute Gasteiger partial charge is 0.306 e. The Bertz CT molecular complexity index is 1170. The Hall–Kier alpha value is -3.62. The summed E-state index contributed by atoms with van der Waals surface area (Å²) in [4.78, 5) is 24.8. The van der Waals surface area contributed by atoms with Crippen molar-refractivity contribution in [2.45, 2.75) is 57.7 Å². The van der Waals surface area contributed by atoms with Gasteiger partial charge in [0.15, 0.2) is 0 Å². The number of hydrogen-bond donors (Lipinski definition) is 3. The second kappa shape index (κ2) is 15.0. The molecule has 6 nitrogen and oxygen atoms in total. The summed E-state index contributed by atoms with van der Waals surface area (Å²) in [6, 6.07) is 19.8. The van der Waals surface area contributed by atoms with Crippen molar-refractivity contribution in [2.75, 3.05) is 11.9 Å². The highest BCUT2D eigenvalue weighted by atomic mass is 19.1. The van der Waals surface area contributed by atoms with Gasteiger partial charge in [0.05, 0.1) is 0 Å². The van der Waals surface area contributed by atoms with Crippen molar-refractivity contribution < 1.29 is 23.1 Å². The lowest BCUT2D eigenvalue weighted by Crippen LogP contribution is -2.46. The summed E-state index contributed by atoms with van der Waals surface area (Å²) < 4.78 is 33.0. The summed E-state index contributed by atoms with van der Waals surface area (Å²) >= 11 is 0. The van der Waals surface area contributed by atoms with Crippen LogP contribution in [0.25, 0.3) is 0 Å². The zero-order valence-corrected chi connectivity index (χ0v) is 21.6. The zero-order chi connectivity index (χ0) is 27.3. The van der Waals surface area contributed by atoms with Crippen LogP contribution in [0.15, 0.2) is 72.8 Å². The number of hydrogen-bond acceptors (Lipinski definition) is 5. The van der Waals surface area contributed by atoms with Crippen molar-refractivity contribution in [3.8, 4) is 0 Å². The Labute approximate surface area is 222 Å². The molecule has 1 amide bonds. The Morgan fingerprint density at radius 3 is 2.32 bits per heavy atom. The maximum atomic E-state index is 13.7. The molecule has 0 aliphatic carbocycles. The molecule has 0 unspecified atom stereocenters. The molecule has 0 saturated carbocycles. The molecule has 0 bridgehead atoms. The van der Waals surface area contributed by atoms with Crippen LogP contribution in [0.5, 0.6) is 0 Å². The predicted octanol–water partition coefficient (Wildman–Crippen LogP) is 4.91. The number of benzene rings is 3. The Morgan fingerprint density at radius 2 is 1.61 bits per heavy atom. The van der Waals surface area contributed by atoms with Crippen LogP contribution in [0, 0.1) is 11.6 Å². The molecule has 0 aliphatic heterocycles. The molecule has 0 aromatic heterocycles. The number of carbonyl (C=O) groups is 2. The van der Waals surface area contributed by atoms with Gasteiger partial charge < -0.3 is 21.1 Å². The standard InChI is InChI=1S/C30H35F2N3O3/c1-2-21-8-6-9-22(14-21)19-34-20-28(27(33)17-23-15-24(31)18-25(32)16-23)38-30(37)13-7-12-29(36)35-26-10-4-3-5-11-26/h3-6,8-11,14-16,18,27-28,34H,2,7,12-13,17,19-20,33H2,1H3,(H,35,36)/t27-,28+/m0/s1. The molecule has 38 heavy (non-hydrogen) atoms. The molecule has 3 aromatic rings. The maximum Gasteiger partial charge on any atom is 0.306 e. The van der Waals surface area contributed by atoms with Gasteiger partial charge in [0, 0.05) is 43.7 Å². The van der Waals surface area contributed by atoms with Gasteiger partial charge in [0.1, 0.15) is 17.7 Å². The largest absolute Gasteiger partial charge is 0.459 e. The van der Waals surface area contributed by atoms with Crippen LogP contribution >= 0.6 is 0 Å². The molecule has 0 radical (unpaired) electrons. The zero-order valence-electron chi connectivity index (χ0n) is 21.6. The van der Waals surface area contributed by atoms with E-state index < -0.39 is 29.7 Å². The lowest BCUT2D eigenvalue weighted by atomic mass is 10.0. The molecule has 0 fully saturated rings. The third-order valence-electron chi connectivity index (χ3n) is 6.07. The van der Waals surface area contributed by atoms with Crippen molar-refractivity contribution in [3.63, 3.8) is 0 Å². The number of halogens is 2. The molecule has 0 aliphatic rings. The number of rotatable bonds is 14. The van der Waals surface area contributed by atoms with E-state index in [4.69, 9.17) is 10.5 Å². The van der Waals surface area contributed by atoms with Crippen LogP contribution < -0.4 is 16.4 Å². The van der Waals surface area contributed by atoms with Crippen molar-refractivity contribution in [1.82, 2.24) is 5.32 Å². The van der Waals surface area contributed by atoms with E-state index in [-0.39, 0.29) is 31.7 Å². The van der Waals surface area contributed by atoms with E-state index in [9.17, 15) is 18.4 Å². The molecule has 4 N–H and O–H groups in total. The highest BCUT2D eigenvalue weighted by molar-refractivity contribution is 5.90.